The van der Waals surface area contributed by atoms with Crippen LogP contribution in [0.15, 0.2) is 54.6 Å². The molecule has 0 radical (unpaired) electrons. The van der Waals surface area contributed by atoms with Crippen molar-refractivity contribution in [3.8, 4) is 5.75 Å². The Kier molecular flexibility index (Phi) is 7.61. The van der Waals surface area contributed by atoms with Crippen molar-refractivity contribution in [2.75, 3.05) is 40.0 Å². The van der Waals surface area contributed by atoms with Crippen LogP contribution in [-0.2, 0) is 20.9 Å². The van der Waals surface area contributed by atoms with Gasteiger partial charge in [-0.15, -0.1) is 0 Å². The van der Waals surface area contributed by atoms with Gasteiger partial charge in [-0.25, -0.2) is 0 Å². The number of carbonyl (C=O) groups excluding carboxylic acids is 2. The van der Waals surface area contributed by atoms with E-state index in [1.807, 2.05) is 54.6 Å². The van der Waals surface area contributed by atoms with Gasteiger partial charge in [0.25, 0.3) is 0 Å². The van der Waals surface area contributed by atoms with Gasteiger partial charge in [0.1, 0.15) is 5.75 Å². The molecule has 1 aliphatic heterocycles. The fourth-order valence-corrected chi connectivity index (χ4v) is 3.32. The monoisotopic (exact) mass is 397 g/mol. The average Bonchev–Trinajstić information content (AvgIpc) is 2.79. The summed E-state index contributed by atoms with van der Waals surface area (Å²) in [6.07, 6.45) is 0. The molecule has 1 atom stereocenters. The first-order valence-electron chi connectivity index (χ1n) is 9.73. The molecule has 3 rings (SSSR count). The van der Waals surface area contributed by atoms with Gasteiger partial charge in [0.05, 0.1) is 26.4 Å². The van der Waals surface area contributed by atoms with E-state index in [-0.39, 0.29) is 6.04 Å². The summed E-state index contributed by atoms with van der Waals surface area (Å²) in [7, 11) is 1.63. The van der Waals surface area contributed by atoms with Gasteiger partial charge in [0.2, 0.25) is 0 Å². The molecule has 2 aromatic rings. The summed E-state index contributed by atoms with van der Waals surface area (Å²) < 4.78 is 10.8. The Morgan fingerprint density at radius 1 is 1.03 bits per heavy atom. The minimum Gasteiger partial charge on any atom is -0.497 e. The highest BCUT2D eigenvalue weighted by Crippen LogP contribution is 2.24. The predicted molar refractivity (Wildman–Crippen MR) is 109 cm³/mol. The number of benzene rings is 2. The lowest BCUT2D eigenvalue weighted by atomic mass is 10.0. The second-order valence-corrected chi connectivity index (χ2v) is 6.82. The molecule has 0 bridgehead atoms. The zero-order valence-electron chi connectivity index (χ0n) is 16.6. The van der Waals surface area contributed by atoms with Crippen molar-refractivity contribution in [2.45, 2.75) is 12.6 Å². The molecular formula is C22H27N3O4. The quantitative estimate of drug-likeness (QED) is 0.693. The van der Waals surface area contributed by atoms with Crippen LogP contribution in [0.3, 0.4) is 0 Å². The number of carbonyl (C=O) groups is 2. The van der Waals surface area contributed by atoms with E-state index in [0.29, 0.717) is 26.3 Å². The normalized spacial score (nSPS) is 15.3. The Bertz CT molecular complexity index is 807. The van der Waals surface area contributed by atoms with Crippen molar-refractivity contribution < 1.29 is 19.1 Å². The van der Waals surface area contributed by atoms with E-state index in [1.165, 1.54) is 0 Å². The van der Waals surface area contributed by atoms with Crippen molar-refractivity contribution in [1.82, 2.24) is 15.5 Å². The molecule has 1 unspecified atom stereocenters. The molecule has 29 heavy (non-hydrogen) atoms. The molecule has 0 aliphatic carbocycles. The zero-order valence-corrected chi connectivity index (χ0v) is 16.6. The van der Waals surface area contributed by atoms with E-state index in [0.717, 1.165) is 30.0 Å². The van der Waals surface area contributed by atoms with E-state index in [1.54, 1.807) is 7.11 Å². The van der Waals surface area contributed by atoms with E-state index in [4.69, 9.17) is 9.47 Å². The Hall–Kier alpha value is -2.90. The van der Waals surface area contributed by atoms with E-state index < -0.39 is 11.8 Å². The van der Waals surface area contributed by atoms with Crippen LogP contribution in [0.2, 0.25) is 0 Å². The Morgan fingerprint density at radius 3 is 2.48 bits per heavy atom. The highest BCUT2D eigenvalue weighted by Gasteiger charge is 2.24. The van der Waals surface area contributed by atoms with Crippen molar-refractivity contribution in [3.63, 3.8) is 0 Å². The second kappa shape index (κ2) is 10.6. The molecule has 1 saturated heterocycles. The van der Waals surface area contributed by atoms with Crippen molar-refractivity contribution in [3.05, 3.63) is 65.7 Å². The molecule has 7 heteroatoms. The number of nitrogens with one attached hydrogen (secondary N) is 2. The van der Waals surface area contributed by atoms with Gasteiger partial charge in [-0.3, -0.25) is 14.5 Å². The molecule has 7 nitrogen and oxygen atoms in total. The third kappa shape index (κ3) is 6.04. The van der Waals surface area contributed by atoms with Gasteiger partial charge >= 0.3 is 11.8 Å². The third-order valence-electron chi connectivity index (χ3n) is 4.92. The van der Waals surface area contributed by atoms with Crippen LogP contribution in [0.4, 0.5) is 0 Å². The summed E-state index contributed by atoms with van der Waals surface area (Å²) in [6, 6.07) is 17.2. The zero-order chi connectivity index (χ0) is 20.5. The molecule has 1 heterocycles. The maximum Gasteiger partial charge on any atom is 0.309 e. The number of hydrogen-bond donors (Lipinski definition) is 2. The average molecular weight is 397 g/mol. The van der Waals surface area contributed by atoms with Gasteiger partial charge in [0, 0.05) is 26.2 Å². The molecule has 154 valence electrons. The topological polar surface area (TPSA) is 79.9 Å². The number of rotatable bonds is 7. The highest BCUT2D eigenvalue weighted by atomic mass is 16.5. The number of ether oxygens (including phenoxy) is 2. The predicted octanol–water partition coefficient (Wildman–Crippen LogP) is 1.50. The van der Waals surface area contributed by atoms with E-state index in [9.17, 15) is 9.59 Å². The molecule has 2 aromatic carbocycles. The highest BCUT2D eigenvalue weighted by molar-refractivity contribution is 6.35. The number of methoxy groups -OCH3 is 1. The molecule has 2 amide bonds. The molecule has 0 saturated carbocycles. The molecule has 2 N–H and O–H groups in total. The maximum absolute atomic E-state index is 12.3. The standard InChI is InChI=1S/C22H27N3O4/c1-28-19-9-5-8-18(14-19)20(25-10-12-29-13-11-25)16-24-22(27)21(26)23-15-17-6-3-2-4-7-17/h2-9,14,20H,10-13,15-16H2,1H3,(H,23,26)(H,24,27). The van der Waals surface area contributed by atoms with Crippen molar-refractivity contribution in [2.24, 2.45) is 0 Å². The third-order valence-corrected chi connectivity index (χ3v) is 4.92. The minimum atomic E-state index is -0.639. The van der Waals surface area contributed by atoms with Gasteiger partial charge < -0.3 is 20.1 Å². The second-order valence-electron chi connectivity index (χ2n) is 6.82. The first kappa shape index (κ1) is 20.8. The first-order chi connectivity index (χ1) is 14.2. The molecule has 1 aliphatic rings. The van der Waals surface area contributed by atoms with Crippen LogP contribution in [0.25, 0.3) is 0 Å². The van der Waals surface area contributed by atoms with Gasteiger partial charge in [-0.1, -0.05) is 42.5 Å². The fraction of sp³-hybridized carbons (Fsp3) is 0.364. The lowest BCUT2D eigenvalue weighted by molar-refractivity contribution is -0.139. The van der Waals surface area contributed by atoms with Crippen LogP contribution in [0.1, 0.15) is 17.2 Å². The van der Waals surface area contributed by atoms with Gasteiger partial charge in [-0.2, -0.15) is 0 Å². The van der Waals surface area contributed by atoms with Crippen molar-refractivity contribution >= 4 is 11.8 Å². The summed E-state index contributed by atoms with van der Waals surface area (Å²) in [5.41, 5.74) is 1.97. The SMILES string of the molecule is COc1cccc(C(CNC(=O)C(=O)NCc2ccccc2)N2CCOCC2)c1. The fourth-order valence-electron chi connectivity index (χ4n) is 3.32. The largest absolute Gasteiger partial charge is 0.497 e. The van der Waals surface area contributed by atoms with Gasteiger partial charge in [-0.05, 0) is 23.3 Å². The summed E-state index contributed by atoms with van der Waals surface area (Å²) in [5, 5.41) is 5.43. The molecule has 0 spiro atoms. The van der Waals surface area contributed by atoms with Crippen molar-refractivity contribution in [1.29, 1.82) is 0 Å². The number of hydrogen-bond acceptors (Lipinski definition) is 5. The van der Waals surface area contributed by atoms with Crippen LogP contribution in [0.5, 0.6) is 5.75 Å². The number of amides is 2. The summed E-state index contributed by atoms with van der Waals surface area (Å²) in [5.74, 6) is -0.519. The maximum atomic E-state index is 12.3. The molecule has 0 aromatic heterocycles. The Morgan fingerprint density at radius 2 is 1.76 bits per heavy atom. The lowest BCUT2D eigenvalue weighted by Gasteiger charge is -2.35. The summed E-state index contributed by atoms with van der Waals surface area (Å²) in [6.45, 7) is 3.45. The first-order valence-corrected chi connectivity index (χ1v) is 9.73. The van der Waals surface area contributed by atoms with Crippen LogP contribution >= 0.6 is 0 Å². The smallest absolute Gasteiger partial charge is 0.309 e. The van der Waals surface area contributed by atoms with Crippen LogP contribution in [0, 0.1) is 0 Å². The summed E-state index contributed by atoms with van der Waals surface area (Å²) in [4.78, 5) is 26.7. The van der Waals surface area contributed by atoms with Crippen LogP contribution in [-0.4, -0.2) is 56.7 Å². The minimum absolute atomic E-state index is 0.0696. The molecule has 1 fully saturated rings. The Balaban J connectivity index is 1.61. The number of morpholine rings is 1. The number of nitrogens with zero attached hydrogens (tertiary/aromatic N) is 1. The van der Waals surface area contributed by atoms with E-state index in [2.05, 4.69) is 15.5 Å². The van der Waals surface area contributed by atoms with Crippen LogP contribution < -0.4 is 15.4 Å². The molecular weight excluding hydrogens is 370 g/mol. The van der Waals surface area contributed by atoms with Gasteiger partial charge in [0.15, 0.2) is 0 Å². The van der Waals surface area contributed by atoms with E-state index >= 15 is 0 Å². The Labute approximate surface area is 171 Å². The lowest BCUT2D eigenvalue weighted by Crippen LogP contribution is -2.46. The summed E-state index contributed by atoms with van der Waals surface area (Å²) >= 11 is 0.